The third-order valence-corrected chi connectivity index (χ3v) is 3.43. The summed E-state index contributed by atoms with van der Waals surface area (Å²) in [5, 5.41) is 21.8. The summed E-state index contributed by atoms with van der Waals surface area (Å²) in [6.07, 6.45) is 0. The average Bonchev–Trinajstić information content (AvgIpc) is 2.62. The zero-order chi connectivity index (χ0) is 13.2. The number of nitrogens with zero attached hydrogens (tertiary/aromatic N) is 2. The van der Waals surface area contributed by atoms with E-state index in [1.54, 1.807) is 0 Å². The molecule has 0 amide bonds. The highest BCUT2D eigenvalue weighted by atomic mass is 15.0. The van der Waals surface area contributed by atoms with Crippen molar-refractivity contribution in [2.75, 3.05) is 0 Å². The second kappa shape index (κ2) is 4.57. The highest BCUT2D eigenvalue weighted by molar-refractivity contribution is 5.73. The molecule has 0 aliphatic carbocycles. The van der Waals surface area contributed by atoms with Crippen molar-refractivity contribution in [2.45, 2.75) is 12.1 Å². The van der Waals surface area contributed by atoms with Crippen LogP contribution in [0.5, 0.6) is 0 Å². The summed E-state index contributed by atoms with van der Waals surface area (Å²) in [6, 6.07) is 19.2. The molecule has 0 saturated heterocycles. The summed E-state index contributed by atoms with van der Waals surface area (Å²) in [7, 11) is 0. The first-order valence-corrected chi connectivity index (χ1v) is 6.08. The van der Waals surface area contributed by atoms with Crippen LogP contribution in [0.3, 0.4) is 0 Å². The van der Waals surface area contributed by atoms with E-state index in [1.807, 2.05) is 48.5 Å². The van der Waals surface area contributed by atoms with Crippen LogP contribution in [0.4, 0.5) is 0 Å². The smallest absolute Gasteiger partial charge is 0.123 e. The second-order valence-corrected chi connectivity index (χ2v) is 4.47. The van der Waals surface area contributed by atoms with Gasteiger partial charge in [0.1, 0.15) is 12.1 Å². The standard InChI is InChI=1S/C16H11N3/c17-9-15-13-7-3-1-5-11(13)12-6-2-4-8-14(12)16(10-18)19-15/h1-8,15-16,19H/t15-,16-/m0/s1. The summed E-state index contributed by atoms with van der Waals surface area (Å²) in [4.78, 5) is 0. The van der Waals surface area contributed by atoms with Gasteiger partial charge >= 0.3 is 0 Å². The van der Waals surface area contributed by atoms with Gasteiger partial charge in [-0.05, 0) is 22.3 Å². The van der Waals surface area contributed by atoms with Crippen molar-refractivity contribution in [2.24, 2.45) is 0 Å². The molecular weight excluding hydrogens is 234 g/mol. The van der Waals surface area contributed by atoms with E-state index in [0.29, 0.717) is 0 Å². The van der Waals surface area contributed by atoms with Gasteiger partial charge in [0.15, 0.2) is 0 Å². The zero-order valence-electron chi connectivity index (χ0n) is 10.2. The minimum Gasteiger partial charge on any atom is -0.279 e. The van der Waals surface area contributed by atoms with Crippen LogP contribution in [0.2, 0.25) is 0 Å². The molecule has 0 saturated carbocycles. The number of fused-ring (bicyclic) bond motifs is 3. The fourth-order valence-corrected chi connectivity index (χ4v) is 2.55. The summed E-state index contributed by atoms with van der Waals surface area (Å²) in [5.41, 5.74) is 3.90. The largest absolute Gasteiger partial charge is 0.279 e. The van der Waals surface area contributed by atoms with E-state index in [9.17, 15) is 10.5 Å². The first kappa shape index (κ1) is 11.5. The fraction of sp³-hybridized carbons (Fsp3) is 0.125. The number of benzene rings is 2. The molecule has 1 heterocycles. The molecule has 2 atom stereocenters. The summed E-state index contributed by atoms with van der Waals surface area (Å²) < 4.78 is 0. The predicted octanol–water partition coefficient (Wildman–Crippen LogP) is 3.09. The minimum absolute atomic E-state index is 0.465. The third kappa shape index (κ3) is 1.78. The van der Waals surface area contributed by atoms with Gasteiger partial charge in [-0.25, -0.2) is 0 Å². The van der Waals surface area contributed by atoms with E-state index in [2.05, 4.69) is 17.5 Å². The SMILES string of the molecule is N#C[C@@H]1N[C@@H](C#N)c2ccccc2-c2ccccc21. The van der Waals surface area contributed by atoms with Gasteiger partial charge in [0.05, 0.1) is 12.1 Å². The number of hydrogen-bond acceptors (Lipinski definition) is 3. The topological polar surface area (TPSA) is 59.6 Å². The van der Waals surface area contributed by atoms with E-state index in [4.69, 9.17) is 0 Å². The van der Waals surface area contributed by atoms with Crippen LogP contribution in [0.15, 0.2) is 48.5 Å². The van der Waals surface area contributed by atoms with Crippen LogP contribution in [-0.4, -0.2) is 0 Å². The lowest BCUT2D eigenvalue weighted by molar-refractivity contribution is 0.588. The Hall–Kier alpha value is -2.62. The lowest BCUT2D eigenvalue weighted by atomic mass is 9.93. The minimum atomic E-state index is -0.465. The van der Waals surface area contributed by atoms with Gasteiger partial charge in [-0.1, -0.05) is 48.5 Å². The molecule has 1 aliphatic rings. The summed E-state index contributed by atoms with van der Waals surface area (Å²) in [6.45, 7) is 0. The Labute approximate surface area is 111 Å². The van der Waals surface area contributed by atoms with Crippen LogP contribution in [-0.2, 0) is 0 Å². The Morgan fingerprint density at radius 1 is 0.737 bits per heavy atom. The Balaban J connectivity index is 2.32. The molecule has 0 aromatic heterocycles. The van der Waals surface area contributed by atoms with Crippen molar-refractivity contribution in [1.29, 1.82) is 10.5 Å². The second-order valence-electron chi connectivity index (χ2n) is 4.47. The van der Waals surface area contributed by atoms with Gasteiger partial charge in [-0.2, -0.15) is 10.5 Å². The van der Waals surface area contributed by atoms with Crippen molar-refractivity contribution in [3.8, 4) is 23.3 Å². The molecule has 3 heteroatoms. The summed E-state index contributed by atoms with van der Waals surface area (Å²) in [5.74, 6) is 0. The predicted molar refractivity (Wildman–Crippen MR) is 71.7 cm³/mol. The van der Waals surface area contributed by atoms with E-state index >= 15 is 0 Å². The average molecular weight is 245 g/mol. The Kier molecular flexibility index (Phi) is 2.76. The van der Waals surface area contributed by atoms with Crippen LogP contribution in [0, 0.1) is 22.7 Å². The number of hydrogen-bond donors (Lipinski definition) is 1. The highest BCUT2D eigenvalue weighted by Crippen LogP contribution is 2.37. The van der Waals surface area contributed by atoms with Gasteiger partial charge < -0.3 is 0 Å². The van der Waals surface area contributed by atoms with Crippen LogP contribution in [0.1, 0.15) is 23.2 Å². The molecule has 0 radical (unpaired) electrons. The van der Waals surface area contributed by atoms with Crippen molar-refractivity contribution < 1.29 is 0 Å². The number of nitriles is 2. The molecule has 19 heavy (non-hydrogen) atoms. The van der Waals surface area contributed by atoms with Gasteiger partial charge in [0.2, 0.25) is 0 Å². The number of rotatable bonds is 0. The molecule has 1 N–H and O–H groups in total. The van der Waals surface area contributed by atoms with E-state index in [1.165, 1.54) is 0 Å². The maximum atomic E-state index is 9.33. The van der Waals surface area contributed by atoms with Crippen molar-refractivity contribution in [3.05, 3.63) is 59.7 Å². The van der Waals surface area contributed by atoms with Crippen molar-refractivity contribution in [1.82, 2.24) is 5.32 Å². The van der Waals surface area contributed by atoms with Crippen LogP contribution < -0.4 is 5.32 Å². The maximum Gasteiger partial charge on any atom is 0.123 e. The molecule has 0 bridgehead atoms. The molecule has 0 spiro atoms. The summed E-state index contributed by atoms with van der Waals surface area (Å²) >= 11 is 0. The monoisotopic (exact) mass is 245 g/mol. The van der Waals surface area contributed by atoms with Crippen LogP contribution in [0.25, 0.3) is 11.1 Å². The molecular formula is C16H11N3. The van der Waals surface area contributed by atoms with Gasteiger partial charge in [-0.15, -0.1) is 0 Å². The zero-order valence-corrected chi connectivity index (χ0v) is 10.2. The highest BCUT2D eigenvalue weighted by Gasteiger charge is 2.27. The van der Waals surface area contributed by atoms with Gasteiger partial charge in [0.25, 0.3) is 0 Å². The lowest BCUT2D eigenvalue weighted by Crippen LogP contribution is -2.23. The first-order valence-electron chi connectivity index (χ1n) is 6.08. The molecule has 2 aromatic carbocycles. The molecule has 1 aliphatic heterocycles. The Morgan fingerprint density at radius 3 is 1.58 bits per heavy atom. The molecule has 0 unspecified atom stereocenters. The Morgan fingerprint density at radius 2 is 1.16 bits per heavy atom. The maximum absolute atomic E-state index is 9.33. The third-order valence-electron chi connectivity index (χ3n) is 3.43. The first-order chi connectivity index (χ1) is 9.35. The van der Waals surface area contributed by atoms with E-state index < -0.39 is 12.1 Å². The van der Waals surface area contributed by atoms with Gasteiger partial charge in [-0.3, -0.25) is 5.32 Å². The normalized spacial score (nSPS) is 20.3. The quantitative estimate of drug-likeness (QED) is 0.775. The van der Waals surface area contributed by atoms with Gasteiger partial charge in [0, 0.05) is 0 Å². The molecule has 0 fully saturated rings. The van der Waals surface area contributed by atoms with Crippen molar-refractivity contribution in [3.63, 3.8) is 0 Å². The lowest BCUT2D eigenvalue weighted by Gasteiger charge is -2.13. The van der Waals surface area contributed by atoms with E-state index in [0.717, 1.165) is 22.3 Å². The molecule has 3 nitrogen and oxygen atoms in total. The molecule has 2 aromatic rings. The van der Waals surface area contributed by atoms with Crippen LogP contribution >= 0.6 is 0 Å². The fourth-order valence-electron chi connectivity index (χ4n) is 2.55. The Bertz CT molecular complexity index is 645. The molecule has 90 valence electrons. The van der Waals surface area contributed by atoms with E-state index in [-0.39, 0.29) is 0 Å². The van der Waals surface area contributed by atoms with Crippen molar-refractivity contribution >= 4 is 0 Å². The number of nitrogens with one attached hydrogen (secondary N) is 1. The molecule has 3 rings (SSSR count).